The summed E-state index contributed by atoms with van der Waals surface area (Å²) in [5.74, 6) is 1.74. The second kappa shape index (κ2) is 14.4. The van der Waals surface area contributed by atoms with Crippen molar-refractivity contribution in [3.05, 3.63) is 201 Å². The summed E-state index contributed by atoms with van der Waals surface area (Å²) >= 11 is 0. The molecule has 0 saturated carbocycles. The molecule has 5 aromatic heterocycles. The van der Waals surface area contributed by atoms with E-state index in [1.54, 1.807) is 6.33 Å². The minimum Gasteiger partial charge on any atom is -0.434 e. The summed E-state index contributed by atoms with van der Waals surface area (Å²) in [5.41, 5.74) is 11.3. The molecule has 0 atom stereocenters. The zero-order valence-electron chi connectivity index (χ0n) is 34.1. The van der Waals surface area contributed by atoms with Crippen LogP contribution in [-0.2, 0) is 0 Å². The van der Waals surface area contributed by atoms with Gasteiger partial charge in [-0.15, -0.1) is 0 Å². The molecule has 13 aromatic rings. The normalized spacial score (nSPS) is 11.8. The van der Waals surface area contributed by atoms with E-state index in [0.717, 1.165) is 55.5 Å². The number of rotatable bonds is 6. The first-order chi connectivity index (χ1) is 31.7. The van der Waals surface area contributed by atoms with E-state index in [4.69, 9.17) is 34.3 Å². The number of aromatic nitrogens is 7. The van der Waals surface area contributed by atoms with Gasteiger partial charge in [0, 0.05) is 50.5 Å². The molecule has 0 amide bonds. The van der Waals surface area contributed by atoms with E-state index in [-0.39, 0.29) is 0 Å². The summed E-state index contributed by atoms with van der Waals surface area (Å²) in [4.78, 5) is 29.4. The minimum atomic E-state index is 0.511. The minimum absolute atomic E-state index is 0.511. The quantitative estimate of drug-likeness (QED) is 0.154. The van der Waals surface area contributed by atoms with Crippen LogP contribution in [0.25, 0.3) is 128 Å². The molecule has 0 N–H and O–H groups in total. The summed E-state index contributed by atoms with van der Waals surface area (Å²) < 4.78 is 8.71. The summed E-state index contributed by atoms with van der Waals surface area (Å²) in [6.07, 6.45) is 3.45. The van der Waals surface area contributed by atoms with Crippen LogP contribution in [-0.4, -0.2) is 34.5 Å². The van der Waals surface area contributed by atoms with Gasteiger partial charge in [-0.2, -0.15) is 0 Å². The molecular weight excluding hydrogens is 787 g/mol. The van der Waals surface area contributed by atoms with E-state index in [1.165, 1.54) is 32.3 Å². The Morgan fingerprint density at radius 3 is 1.72 bits per heavy atom. The average molecular weight is 820 g/mol. The van der Waals surface area contributed by atoms with Gasteiger partial charge in [0.05, 0.1) is 16.4 Å². The van der Waals surface area contributed by atoms with E-state index >= 15 is 0 Å². The van der Waals surface area contributed by atoms with Crippen LogP contribution >= 0.6 is 0 Å². The van der Waals surface area contributed by atoms with Gasteiger partial charge in [-0.3, -0.25) is 0 Å². The fourth-order valence-electron chi connectivity index (χ4n) is 9.06. The van der Waals surface area contributed by atoms with Crippen molar-refractivity contribution < 1.29 is 4.42 Å². The highest BCUT2D eigenvalue weighted by Gasteiger charge is 2.19. The van der Waals surface area contributed by atoms with Crippen LogP contribution in [0.5, 0.6) is 0 Å². The third-order valence-electron chi connectivity index (χ3n) is 12.2. The van der Waals surface area contributed by atoms with Crippen LogP contribution in [0.4, 0.5) is 0 Å². The number of para-hydroxylation sites is 2. The summed E-state index contributed by atoms with van der Waals surface area (Å²) in [6.45, 7) is 0. The summed E-state index contributed by atoms with van der Waals surface area (Å²) in [5, 5.41) is 8.07. The molecule has 0 fully saturated rings. The van der Waals surface area contributed by atoms with Crippen molar-refractivity contribution in [3.8, 4) is 62.2 Å². The molecule has 0 aliphatic heterocycles. The Balaban J connectivity index is 0.871. The van der Waals surface area contributed by atoms with Crippen LogP contribution in [0.2, 0.25) is 0 Å². The molecule has 0 radical (unpaired) electrons. The zero-order chi connectivity index (χ0) is 42.1. The molecule has 5 heterocycles. The number of nitrogens with zero attached hydrogens (tertiary/aromatic N) is 7. The zero-order valence-corrected chi connectivity index (χ0v) is 34.1. The lowest BCUT2D eigenvalue weighted by molar-refractivity contribution is 0.652. The molecule has 8 aromatic carbocycles. The average Bonchev–Trinajstić information content (AvgIpc) is 3.91. The highest BCUT2D eigenvalue weighted by Crippen LogP contribution is 2.37. The lowest BCUT2D eigenvalue weighted by atomic mass is 9.99. The largest absolute Gasteiger partial charge is 0.434 e. The van der Waals surface area contributed by atoms with E-state index in [2.05, 4.69) is 138 Å². The van der Waals surface area contributed by atoms with Crippen molar-refractivity contribution in [3.63, 3.8) is 0 Å². The molecule has 0 unspecified atom stereocenters. The maximum atomic E-state index is 6.40. The Labute approximate surface area is 365 Å². The molecule has 64 heavy (non-hydrogen) atoms. The molecule has 0 saturated heterocycles. The number of hydrogen-bond donors (Lipinski definition) is 0. The lowest BCUT2D eigenvalue weighted by Gasteiger charge is -2.11. The van der Waals surface area contributed by atoms with Crippen LogP contribution in [0.1, 0.15) is 0 Å². The Bertz CT molecular complexity index is 3920. The molecule has 0 aliphatic rings. The van der Waals surface area contributed by atoms with Gasteiger partial charge in [0.25, 0.3) is 0 Å². The molecule has 0 spiro atoms. The fourth-order valence-corrected chi connectivity index (χ4v) is 9.06. The lowest BCUT2D eigenvalue weighted by Crippen LogP contribution is -2.01. The highest BCUT2D eigenvalue weighted by atomic mass is 16.3. The Morgan fingerprint density at radius 2 is 0.969 bits per heavy atom. The molecule has 298 valence electrons. The van der Waals surface area contributed by atoms with Crippen LogP contribution in [0, 0.1) is 0 Å². The topological polar surface area (TPSA) is 95.4 Å². The second-order valence-corrected chi connectivity index (χ2v) is 16.0. The van der Waals surface area contributed by atoms with Crippen LogP contribution in [0.3, 0.4) is 0 Å². The van der Waals surface area contributed by atoms with Gasteiger partial charge in [-0.25, -0.2) is 29.9 Å². The smallest absolute Gasteiger partial charge is 0.229 e. The molecule has 13 rings (SSSR count). The number of benzene rings is 8. The SMILES string of the molecule is c1ccc(-c2nc(-c3ccc(-c4ncnc5c4oc4ncc(-c6ccc7cc8ccccc8cc7c6)cc45)cc3)nc(-c3cccc(-n4c5ccccc5c5ccccc54)c3)n2)cc1. The van der Waals surface area contributed by atoms with Crippen LogP contribution in [0.15, 0.2) is 205 Å². The fraction of sp³-hybridized carbons (Fsp3) is 0. The number of furan rings is 1. The highest BCUT2D eigenvalue weighted by molar-refractivity contribution is 6.09. The molecule has 8 nitrogen and oxygen atoms in total. The number of hydrogen-bond acceptors (Lipinski definition) is 7. The maximum absolute atomic E-state index is 6.40. The van der Waals surface area contributed by atoms with Gasteiger partial charge in [0.2, 0.25) is 5.71 Å². The van der Waals surface area contributed by atoms with Gasteiger partial charge < -0.3 is 8.98 Å². The van der Waals surface area contributed by atoms with Crippen LogP contribution < -0.4 is 0 Å². The van der Waals surface area contributed by atoms with Crippen molar-refractivity contribution in [1.29, 1.82) is 0 Å². The van der Waals surface area contributed by atoms with Gasteiger partial charge >= 0.3 is 0 Å². The monoisotopic (exact) mass is 819 g/mol. The number of fused-ring (bicyclic) bond motifs is 8. The molecule has 8 heteroatoms. The Hall–Kier alpha value is -8.88. The molecule has 0 aliphatic carbocycles. The van der Waals surface area contributed by atoms with E-state index < -0.39 is 0 Å². The molecular formula is C56H33N7O. The van der Waals surface area contributed by atoms with Crippen molar-refractivity contribution in [2.45, 2.75) is 0 Å². The van der Waals surface area contributed by atoms with Gasteiger partial charge in [0.1, 0.15) is 17.5 Å². The number of pyridine rings is 1. The molecule has 0 bridgehead atoms. The first kappa shape index (κ1) is 35.8. The Kier molecular flexibility index (Phi) is 8.04. The van der Waals surface area contributed by atoms with Crippen molar-refractivity contribution >= 4 is 65.6 Å². The third-order valence-corrected chi connectivity index (χ3v) is 12.2. The van der Waals surface area contributed by atoms with E-state index in [1.807, 2.05) is 60.8 Å². The predicted molar refractivity (Wildman–Crippen MR) is 257 cm³/mol. The van der Waals surface area contributed by atoms with Gasteiger partial charge in [0.15, 0.2) is 23.1 Å². The first-order valence-electron chi connectivity index (χ1n) is 21.2. The van der Waals surface area contributed by atoms with Gasteiger partial charge in [-0.05, 0) is 75.6 Å². The maximum Gasteiger partial charge on any atom is 0.229 e. The standard InChI is InChI=1S/C56H33N7O/c1-2-11-35(12-3-1)53-60-54(62-55(61-53)41-15-10-16-44(30-41)63-48-19-8-6-17-45(48)46-18-7-9-20-49(46)63)36-23-21-34(22-24-36)50-52-51(59-33-58-50)47-31-43(32-57-56(47)64-52)40-26-25-39-27-37-13-4-5-14-38(37)28-42(39)29-40/h1-33H. The van der Waals surface area contributed by atoms with Crippen molar-refractivity contribution in [1.82, 2.24) is 34.5 Å². The van der Waals surface area contributed by atoms with E-state index in [9.17, 15) is 0 Å². The first-order valence-corrected chi connectivity index (χ1v) is 21.2. The Morgan fingerprint density at radius 1 is 0.375 bits per heavy atom. The van der Waals surface area contributed by atoms with Crippen molar-refractivity contribution in [2.75, 3.05) is 0 Å². The summed E-state index contributed by atoms with van der Waals surface area (Å²) in [6, 6.07) is 65.2. The summed E-state index contributed by atoms with van der Waals surface area (Å²) in [7, 11) is 0. The van der Waals surface area contributed by atoms with E-state index in [0.29, 0.717) is 40.0 Å². The van der Waals surface area contributed by atoms with Crippen molar-refractivity contribution in [2.24, 2.45) is 0 Å². The second-order valence-electron chi connectivity index (χ2n) is 16.0. The third kappa shape index (κ3) is 5.92. The predicted octanol–water partition coefficient (Wildman–Crippen LogP) is 13.7. The van der Waals surface area contributed by atoms with Gasteiger partial charge in [-0.1, -0.05) is 140 Å².